The molecule has 1 unspecified atom stereocenters. The Labute approximate surface area is 119 Å². The van der Waals surface area contributed by atoms with Gasteiger partial charge in [0.05, 0.1) is 0 Å². The zero-order valence-electron chi connectivity index (χ0n) is 11.2. The Morgan fingerprint density at radius 2 is 1.65 bits per heavy atom. The van der Waals surface area contributed by atoms with E-state index in [1.807, 2.05) is 60.7 Å². The second kappa shape index (κ2) is 7.26. The van der Waals surface area contributed by atoms with Gasteiger partial charge >= 0.3 is 0 Å². The third-order valence-electron chi connectivity index (χ3n) is 2.95. The molecule has 0 saturated heterocycles. The lowest BCUT2D eigenvalue weighted by Crippen LogP contribution is -2.30. The number of rotatable bonds is 5. The SMILES string of the molecule is NC(CNC(=O)C=Cc1ccccc1)c1ccccc1. The molecule has 0 aromatic heterocycles. The van der Waals surface area contributed by atoms with Gasteiger partial charge in [-0.05, 0) is 17.2 Å². The maximum Gasteiger partial charge on any atom is 0.244 e. The number of hydrogen-bond donors (Lipinski definition) is 2. The Morgan fingerprint density at radius 1 is 1.05 bits per heavy atom. The molecule has 0 aliphatic carbocycles. The van der Waals surface area contributed by atoms with E-state index in [9.17, 15) is 4.79 Å². The molecule has 1 amide bonds. The van der Waals surface area contributed by atoms with Gasteiger partial charge in [-0.15, -0.1) is 0 Å². The number of nitrogens with one attached hydrogen (secondary N) is 1. The number of nitrogens with two attached hydrogens (primary N) is 1. The summed E-state index contributed by atoms with van der Waals surface area (Å²) >= 11 is 0. The second-order valence-electron chi connectivity index (χ2n) is 4.51. The highest BCUT2D eigenvalue weighted by molar-refractivity contribution is 5.91. The Bertz CT molecular complexity index is 564. The number of amides is 1. The molecule has 3 heteroatoms. The summed E-state index contributed by atoms with van der Waals surface area (Å²) in [4.78, 5) is 11.7. The van der Waals surface area contributed by atoms with Crippen molar-refractivity contribution in [2.45, 2.75) is 6.04 Å². The van der Waals surface area contributed by atoms with E-state index in [0.717, 1.165) is 11.1 Å². The quantitative estimate of drug-likeness (QED) is 0.817. The first-order valence-corrected chi connectivity index (χ1v) is 6.57. The first kappa shape index (κ1) is 14.0. The van der Waals surface area contributed by atoms with Crippen LogP contribution in [0.1, 0.15) is 17.2 Å². The lowest BCUT2D eigenvalue weighted by molar-refractivity contribution is -0.116. The van der Waals surface area contributed by atoms with Crippen LogP contribution in [0.5, 0.6) is 0 Å². The summed E-state index contributed by atoms with van der Waals surface area (Å²) in [5.41, 5.74) is 8.02. The molecule has 2 rings (SSSR count). The monoisotopic (exact) mass is 266 g/mol. The molecule has 0 bridgehead atoms. The Balaban J connectivity index is 1.82. The van der Waals surface area contributed by atoms with Crippen LogP contribution in [0.15, 0.2) is 66.7 Å². The minimum atomic E-state index is -0.190. The molecule has 102 valence electrons. The van der Waals surface area contributed by atoms with E-state index in [1.165, 1.54) is 6.08 Å². The lowest BCUT2D eigenvalue weighted by atomic mass is 10.1. The highest BCUT2D eigenvalue weighted by Crippen LogP contribution is 2.07. The number of hydrogen-bond acceptors (Lipinski definition) is 2. The van der Waals surface area contributed by atoms with Crippen LogP contribution in [0.2, 0.25) is 0 Å². The van der Waals surface area contributed by atoms with Gasteiger partial charge in [0.1, 0.15) is 0 Å². The van der Waals surface area contributed by atoms with Crippen molar-refractivity contribution in [2.24, 2.45) is 5.73 Å². The van der Waals surface area contributed by atoms with Gasteiger partial charge in [0.15, 0.2) is 0 Å². The molecular weight excluding hydrogens is 248 g/mol. The van der Waals surface area contributed by atoms with Crippen LogP contribution in [0.3, 0.4) is 0 Å². The Morgan fingerprint density at radius 3 is 2.30 bits per heavy atom. The van der Waals surface area contributed by atoms with Crippen molar-refractivity contribution < 1.29 is 4.79 Å². The van der Waals surface area contributed by atoms with Crippen molar-refractivity contribution in [2.75, 3.05) is 6.54 Å². The first-order valence-electron chi connectivity index (χ1n) is 6.57. The summed E-state index contributed by atoms with van der Waals surface area (Å²) in [5, 5.41) is 2.80. The fourth-order valence-electron chi connectivity index (χ4n) is 1.82. The van der Waals surface area contributed by atoms with E-state index in [4.69, 9.17) is 5.73 Å². The van der Waals surface area contributed by atoms with Crippen molar-refractivity contribution in [3.63, 3.8) is 0 Å². The van der Waals surface area contributed by atoms with Crippen LogP contribution in [-0.2, 0) is 4.79 Å². The van der Waals surface area contributed by atoms with Crippen molar-refractivity contribution in [1.82, 2.24) is 5.32 Å². The fraction of sp³-hybridized carbons (Fsp3) is 0.118. The van der Waals surface area contributed by atoms with Crippen molar-refractivity contribution in [1.29, 1.82) is 0 Å². The van der Waals surface area contributed by atoms with Gasteiger partial charge < -0.3 is 11.1 Å². The van der Waals surface area contributed by atoms with E-state index in [0.29, 0.717) is 6.54 Å². The van der Waals surface area contributed by atoms with Gasteiger partial charge in [-0.1, -0.05) is 60.7 Å². The average Bonchev–Trinajstić information content (AvgIpc) is 2.52. The Hall–Kier alpha value is -2.39. The van der Waals surface area contributed by atoms with E-state index >= 15 is 0 Å². The van der Waals surface area contributed by atoms with Gasteiger partial charge in [-0.3, -0.25) is 4.79 Å². The maximum absolute atomic E-state index is 11.7. The van der Waals surface area contributed by atoms with Crippen molar-refractivity contribution >= 4 is 12.0 Å². The molecule has 0 aliphatic heterocycles. The van der Waals surface area contributed by atoms with Crippen LogP contribution in [0.4, 0.5) is 0 Å². The van der Waals surface area contributed by atoms with E-state index in [1.54, 1.807) is 6.08 Å². The summed E-state index contributed by atoms with van der Waals surface area (Å²) in [6, 6.07) is 19.2. The largest absolute Gasteiger partial charge is 0.351 e. The molecule has 3 N–H and O–H groups in total. The molecule has 0 spiro atoms. The molecule has 1 atom stereocenters. The zero-order valence-corrected chi connectivity index (χ0v) is 11.2. The lowest BCUT2D eigenvalue weighted by Gasteiger charge is -2.11. The molecule has 0 heterocycles. The van der Waals surface area contributed by atoms with E-state index < -0.39 is 0 Å². The summed E-state index contributed by atoms with van der Waals surface area (Å²) < 4.78 is 0. The van der Waals surface area contributed by atoms with Crippen LogP contribution >= 0.6 is 0 Å². The normalized spacial score (nSPS) is 12.2. The van der Waals surface area contributed by atoms with Gasteiger partial charge in [0, 0.05) is 18.7 Å². The van der Waals surface area contributed by atoms with Crippen molar-refractivity contribution in [3.05, 3.63) is 77.9 Å². The molecule has 2 aromatic rings. The van der Waals surface area contributed by atoms with Gasteiger partial charge in [0.25, 0.3) is 0 Å². The van der Waals surface area contributed by atoms with Crippen molar-refractivity contribution in [3.8, 4) is 0 Å². The molecule has 0 aliphatic rings. The molecule has 0 radical (unpaired) electrons. The number of carbonyl (C=O) groups is 1. The third-order valence-corrected chi connectivity index (χ3v) is 2.95. The minimum absolute atomic E-state index is 0.139. The molecule has 0 saturated carbocycles. The highest BCUT2D eigenvalue weighted by Gasteiger charge is 2.05. The predicted molar refractivity (Wildman–Crippen MR) is 81.9 cm³/mol. The smallest absolute Gasteiger partial charge is 0.244 e. The van der Waals surface area contributed by atoms with Gasteiger partial charge in [0.2, 0.25) is 5.91 Å². The first-order chi connectivity index (χ1) is 9.75. The standard InChI is InChI=1S/C17H18N2O/c18-16(15-9-5-2-6-10-15)13-19-17(20)12-11-14-7-3-1-4-8-14/h1-12,16H,13,18H2,(H,19,20). The molecule has 3 nitrogen and oxygen atoms in total. The summed E-state index contributed by atoms with van der Waals surface area (Å²) in [5.74, 6) is -0.139. The molecule has 20 heavy (non-hydrogen) atoms. The third kappa shape index (κ3) is 4.37. The molecule has 2 aromatic carbocycles. The van der Waals surface area contributed by atoms with Gasteiger partial charge in [-0.25, -0.2) is 0 Å². The number of benzene rings is 2. The molecular formula is C17H18N2O. The summed E-state index contributed by atoms with van der Waals surface area (Å²) in [6.45, 7) is 0.419. The fourth-order valence-corrected chi connectivity index (χ4v) is 1.82. The second-order valence-corrected chi connectivity index (χ2v) is 4.51. The average molecular weight is 266 g/mol. The highest BCUT2D eigenvalue weighted by atomic mass is 16.1. The Kier molecular flexibility index (Phi) is 5.09. The van der Waals surface area contributed by atoms with Crippen LogP contribution in [0.25, 0.3) is 6.08 Å². The van der Waals surface area contributed by atoms with Gasteiger partial charge in [-0.2, -0.15) is 0 Å². The predicted octanol–water partition coefficient (Wildman–Crippen LogP) is 2.52. The van der Waals surface area contributed by atoms with Crippen LogP contribution < -0.4 is 11.1 Å². The van der Waals surface area contributed by atoms with E-state index in [2.05, 4.69) is 5.32 Å². The van der Waals surface area contributed by atoms with Crippen LogP contribution in [0, 0.1) is 0 Å². The maximum atomic E-state index is 11.7. The number of carbonyl (C=O) groups excluding carboxylic acids is 1. The summed E-state index contributed by atoms with van der Waals surface area (Å²) in [7, 11) is 0. The minimum Gasteiger partial charge on any atom is -0.351 e. The van der Waals surface area contributed by atoms with E-state index in [-0.39, 0.29) is 11.9 Å². The summed E-state index contributed by atoms with van der Waals surface area (Å²) in [6.07, 6.45) is 3.30. The topological polar surface area (TPSA) is 55.1 Å². The van der Waals surface area contributed by atoms with Crippen LogP contribution in [-0.4, -0.2) is 12.5 Å². The zero-order chi connectivity index (χ0) is 14.2. The molecule has 0 fully saturated rings.